The fourth-order valence-electron chi connectivity index (χ4n) is 4.29. The second-order valence-electron chi connectivity index (χ2n) is 7.32. The quantitative estimate of drug-likeness (QED) is 0.755. The molecule has 1 amide bonds. The Morgan fingerprint density at radius 3 is 2.93 bits per heavy atom. The molecule has 0 saturated carbocycles. The number of aromatic nitrogens is 3. The predicted molar refractivity (Wildman–Crippen MR) is 101 cm³/mol. The third-order valence-corrected chi connectivity index (χ3v) is 5.75. The highest BCUT2D eigenvalue weighted by atomic mass is 19.1. The summed E-state index contributed by atoms with van der Waals surface area (Å²) in [6, 6.07) is 6.87. The molecule has 2 aliphatic heterocycles. The van der Waals surface area contributed by atoms with Gasteiger partial charge in [0.2, 0.25) is 0 Å². The van der Waals surface area contributed by atoms with Crippen LogP contribution in [0.25, 0.3) is 22.2 Å². The Kier molecular flexibility index (Phi) is 3.75. The van der Waals surface area contributed by atoms with Crippen molar-refractivity contribution in [3.63, 3.8) is 0 Å². The second kappa shape index (κ2) is 6.19. The third kappa shape index (κ3) is 2.51. The molecule has 0 aliphatic carbocycles. The van der Waals surface area contributed by atoms with Gasteiger partial charge in [0.05, 0.1) is 23.1 Å². The maximum absolute atomic E-state index is 14.5. The summed E-state index contributed by atoms with van der Waals surface area (Å²) < 4.78 is 21.2. The summed E-state index contributed by atoms with van der Waals surface area (Å²) in [5.74, 6) is -0.386. The van der Waals surface area contributed by atoms with Gasteiger partial charge in [-0.25, -0.2) is 9.18 Å². The summed E-state index contributed by atoms with van der Waals surface area (Å²) in [5, 5.41) is 4.65. The number of rotatable bonds is 3. The molecule has 2 fully saturated rings. The van der Waals surface area contributed by atoms with Gasteiger partial charge < -0.3 is 14.6 Å². The van der Waals surface area contributed by atoms with Crippen molar-refractivity contribution in [2.24, 2.45) is 0 Å². The molecule has 28 heavy (non-hydrogen) atoms. The summed E-state index contributed by atoms with van der Waals surface area (Å²) in [5.41, 5.74) is 2.28. The molecule has 2 unspecified atom stereocenters. The molecule has 5 rings (SSSR count). The zero-order chi connectivity index (χ0) is 19.4. The number of cyclic esters (lactones) is 1. The number of ether oxygens (including phenoxy) is 1. The van der Waals surface area contributed by atoms with Gasteiger partial charge in [0, 0.05) is 35.8 Å². The van der Waals surface area contributed by atoms with E-state index in [0.29, 0.717) is 53.8 Å². The van der Waals surface area contributed by atoms with Crippen LogP contribution in [0, 0.1) is 5.82 Å². The van der Waals surface area contributed by atoms with Gasteiger partial charge in [-0.3, -0.25) is 9.48 Å². The van der Waals surface area contributed by atoms with Gasteiger partial charge in [-0.1, -0.05) is 6.07 Å². The number of carbonyl (C=O) groups is 1. The first kappa shape index (κ1) is 17.0. The third-order valence-electron chi connectivity index (χ3n) is 5.75. The van der Waals surface area contributed by atoms with Crippen molar-refractivity contribution in [1.29, 1.82) is 0 Å². The van der Waals surface area contributed by atoms with Crippen LogP contribution in [0.4, 0.5) is 9.18 Å². The van der Waals surface area contributed by atoms with Crippen LogP contribution in [0.3, 0.4) is 0 Å². The van der Waals surface area contributed by atoms with E-state index in [4.69, 9.17) is 4.74 Å². The van der Waals surface area contributed by atoms with E-state index in [-0.39, 0.29) is 29.4 Å². The Labute approximate surface area is 159 Å². The van der Waals surface area contributed by atoms with Gasteiger partial charge in [-0.15, -0.1) is 0 Å². The largest absolute Gasteiger partial charge is 0.447 e. The minimum absolute atomic E-state index is 0.0172. The molecule has 0 spiro atoms. The molecule has 2 saturated heterocycles. The van der Waals surface area contributed by atoms with E-state index in [0.717, 1.165) is 0 Å². The lowest BCUT2D eigenvalue weighted by Gasteiger charge is -2.12. The lowest BCUT2D eigenvalue weighted by Crippen LogP contribution is -2.27. The van der Waals surface area contributed by atoms with Crippen LogP contribution in [0.1, 0.15) is 24.8 Å². The van der Waals surface area contributed by atoms with Crippen molar-refractivity contribution in [3.8, 4) is 11.3 Å². The first-order valence-electron chi connectivity index (χ1n) is 9.37. The van der Waals surface area contributed by atoms with E-state index in [1.807, 2.05) is 13.0 Å². The lowest BCUT2D eigenvalue weighted by atomic mass is 9.97. The van der Waals surface area contributed by atoms with Crippen molar-refractivity contribution in [3.05, 3.63) is 52.2 Å². The maximum Gasteiger partial charge on any atom is 0.410 e. The smallest absolute Gasteiger partial charge is 0.410 e. The summed E-state index contributed by atoms with van der Waals surface area (Å²) in [7, 11) is 0. The van der Waals surface area contributed by atoms with Crippen molar-refractivity contribution < 1.29 is 13.9 Å². The predicted octanol–water partition coefficient (Wildman–Crippen LogP) is 2.86. The number of amides is 1. The second-order valence-corrected chi connectivity index (χ2v) is 7.32. The molecular formula is C20H19FN4O3. The van der Waals surface area contributed by atoms with Gasteiger partial charge in [-0.2, -0.15) is 5.10 Å². The number of carbonyl (C=O) groups excluding carboxylic acids is 1. The number of aromatic amines is 1. The van der Waals surface area contributed by atoms with Gasteiger partial charge in [-0.05, 0) is 31.5 Å². The lowest BCUT2D eigenvalue weighted by molar-refractivity contribution is 0.158. The molecule has 1 N–H and O–H groups in total. The van der Waals surface area contributed by atoms with E-state index < -0.39 is 0 Å². The Morgan fingerprint density at radius 1 is 1.32 bits per heavy atom. The topological polar surface area (TPSA) is 80.2 Å². The monoisotopic (exact) mass is 382 g/mol. The number of H-pyrrole nitrogens is 1. The molecule has 3 aromatic rings. The molecule has 7 nitrogen and oxygen atoms in total. The van der Waals surface area contributed by atoms with Crippen LogP contribution >= 0.6 is 0 Å². The molecule has 8 heteroatoms. The fraction of sp³-hybridized carbons (Fsp3) is 0.350. The van der Waals surface area contributed by atoms with Crippen molar-refractivity contribution in [1.82, 2.24) is 19.7 Å². The summed E-state index contributed by atoms with van der Waals surface area (Å²) in [4.78, 5) is 29.0. The Morgan fingerprint density at radius 2 is 2.18 bits per heavy atom. The van der Waals surface area contributed by atoms with Gasteiger partial charge in [0.25, 0.3) is 5.56 Å². The zero-order valence-electron chi connectivity index (χ0n) is 15.3. The fourth-order valence-corrected chi connectivity index (χ4v) is 4.29. The molecule has 2 aromatic heterocycles. The number of hydrogen-bond donors (Lipinski definition) is 1. The Hall–Kier alpha value is -3.16. The van der Waals surface area contributed by atoms with E-state index in [9.17, 15) is 14.0 Å². The number of hydrogen-bond acceptors (Lipinski definition) is 4. The summed E-state index contributed by atoms with van der Waals surface area (Å²) in [6.45, 7) is 3.44. The van der Waals surface area contributed by atoms with E-state index >= 15 is 0 Å². The minimum atomic E-state index is -0.368. The molecule has 0 radical (unpaired) electrons. The molecule has 2 aliphatic rings. The average molecular weight is 382 g/mol. The first-order chi connectivity index (χ1) is 13.5. The minimum Gasteiger partial charge on any atom is -0.447 e. The normalized spacial score (nSPS) is 21.4. The molecule has 1 aromatic carbocycles. The summed E-state index contributed by atoms with van der Waals surface area (Å²) >= 11 is 0. The van der Waals surface area contributed by atoms with Crippen molar-refractivity contribution in [2.75, 3.05) is 13.2 Å². The summed E-state index contributed by atoms with van der Waals surface area (Å²) in [6.07, 6.45) is 1.92. The first-order valence-corrected chi connectivity index (χ1v) is 9.37. The van der Waals surface area contributed by atoms with Crippen LogP contribution in [-0.4, -0.2) is 45.0 Å². The number of pyridine rings is 1. The van der Waals surface area contributed by atoms with E-state index in [1.165, 1.54) is 12.3 Å². The molecule has 4 heterocycles. The standard InChI is InChI=1S/C20H19FN4O3/c1-2-25-18-7-11(6-16(21)15(18)8-22-25)17-4-3-14(19(26)23-17)12-5-13-10-28-20(27)24(13)9-12/h3-4,6-8,12-13H,2,5,9-10H2,1H3,(H,23,26). The number of benzene rings is 1. The Bertz CT molecular complexity index is 1150. The van der Waals surface area contributed by atoms with Crippen LogP contribution in [-0.2, 0) is 11.3 Å². The number of aryl methyl sites for hydroxylation is 1. The number of halogens is 1. The van der Waals surface area contributed by atoms with Crippen molar-refractivity contribution in [2.45, 2.75) is 31.8 Å². The maximum atomic E-state index is 14.5. The molecule has 0 bridgehead atoms. The van der Waals surface area contributed by atoms with Crippen LogP contribution in [0.2, 0.25) is 0 Å². The van der Waals surface area contributed by atoms with Crippen molar-refractivity contribution >= 4 is 17.0 Å². The van der Waals surface area contributed by atoms with Crippen LogP contribution < -0.4 is 5.56 Å². The highest BCUT2D eigenvalue weighted by molar-refractivity contribution is 5.84. The SMILES string of the molecule is CCn1ncc2c(F)cc(-c3ccc(C4CC5COC(=O)N5C4)c(=O)[nH]3)cc21. The highest BCUT2D eigenvalue weighted by Gasteiger charge is 2.42. The van der Waals surface area contributed by atoms with Gasteiger partial charge in [0.1, 0.15) is 12.4 Å². The molecule has 144 valence electrons. The number of nitrogens with one attached hydrogen (secondary N) is 1. The number of fused-ring (bicyclic) bond motifs is 2. The van der Waals surface area contributed by atoms with Crippen LogP contribution in [0.15, 0.2) is 35.3 Å². The van der Waals surface area contributed by atoms with Gasteiger partial charge in [0.15, 0.2) is 0 Å². The van der Waals surface area contributed by atoms with Crippen LogP contribution in [0.5, 0.6) is 0 Å². The van der Waals surface area contributed by atoms with Gasteiger partial charge >= 0.3 is 6.09 Å². The van der Waals surface area contributed by atoms with E-state index in [2.05, 4.69) is 10.1 Å². The molecule has 2 atom stereocenters. The Balaban J connectivity index is 1.50. The number of nitrogens with zero attached hydrogens (tertiary/aromatic N) is 3. The zero-order valence-corrected chi connectivity index (χ0v) is 15.3. The molecular weight excluding hydrogens is 363 g/mol. The highest BCUT2D eigenvalue weighted by Crippen LogP contribution is 2.34. The van der Waals surface area contributed by atoms with E-state index in [1.54, 1.807) is 21.7 Å². The average Bonchev–Trinajstić information content (AvgIpc) is 3.37.